The van der Waals surface area contributed by atoms with Crippen molar-refractivity contribution in [2.75, 3.05) is 0 Å². The second-order valence-electron chi connectivity index (χ2n) is 3.71. The molecular weight excluding hydrogens is 184 g/mol. The van der Waals surface area contributed by atoms with Gasteiger partial charge in [-0.25, -0.2) is 0 Å². The molecule has 0 N–H and O–H groups in total. The van der Waals surface area contributed by atoms with Crippen LogP contribution >= 0.6 is 0 Å². The molecular formula is C14H18O. The lowest BCUT2D eigenvalue weighted by Crippen LogP contribution is -2.12. The fraction of sp³-hybridized carbons (Fsp3) is 0.357. The van der Waals surface area contributed by atoms with Crippen LogP contribution in [0.3, 0.4) is 0 Å². The number of hydrogen-bond acceptors (Lipinski definition) is 1. The summed E-state index contributed by atoms with van der Waals surface area (Å²) in [6.07, 6.45) is 4.88. The van der Waals surface area contributed by atoms with E-state index >= 15 is 0 Å². The summed E-state index contributed by atoms with van der Waals surface area (Å²) in [5.41, 5.74) is 0.790. The summed E-state index contributed by atoms with van der Waals surface area (Å²) in [5.74, 6) is 0.173. The highest BCUT2D eigenvalue weighted by Gasteiger charge is 2.15. The number of rotatable bonds is 6. The topological polar surface area (TPSA) is 17.1 Å². The molecule has 0 heterocycles. The Labute approximate surface area is 91.8 Å². The fourth-order valence-corrected chi connectivity index (χ4v) is 1.60. The Hall–Kier alpha value is -1.37. The molecule has 15 heavy (non-hydrogen) atoms. The number of hydrogen-bond donors (Lipinski definition) is 0. The van der Waals surface area contributed by atoms with Gasteiger partial charge in [-0.15, -0.1) is 6.58 Å². The second kappa shape index (κ2) is 6.18. The largest absolute Gasteiger partial charge is 0.294 e. The summed E-state index contributed by atoms with van der Waals surface area (Å²) >= 11 is 0. The van der Waals surface area contributed by atoms with Crippen molar-refractivity contribution in [3.8, 4) is 0 Å². The summed E-state index contributed by atoms with van der Waals surface area (Å²) in [6, 6.07) is 9.45. The molecule has 0 spiro atoms. The van der Waals surface area contributed by atoms with Crippen molar-refractivity contribution in [3.05, 3.63) is 48.6 Å². The molecule has 1 rings (SSSR count). The highest BCUT2D eigenvalue weighted by atomic mass is 16.1. The Balaban J connectivity index is 2.69. The van der Waals surface area contributed by atoms with Gasteiger partial charge in [-0.2, -0.15) is 0 Å². The molecule has 0 fully saturated rings. The van der Waals surface area contributed by atoms with Crippen LogP contribution in [0.1, 0.15) is 36.5 Å². The maximum Gasteiger partial charge on any atom is 0.169 e. The van der Waals surface area contributed by atoms with E-state index in [-0.39, 0.29) is 11.7 Å². The zero-order chi connectivity index (χ0) is 11.1. The van der Waals surface area contributed by atoms with Crippen LogP contribution in [0.4, 0.5) is 0 Å². The molecule has 80 valence electrons. The van der Waals surface area contributed by atoms with Gasteiger partial charge in [0.05, 0.1) is 0 Å². The summed E-state index contributed by atoms with van der Waals surface area (Å²) in [6.45, 7) is 5.87. The van der Waals surface area contributed by atoms with Gasteiger partial charge in [0.2, 0.25) is 0 Å². The number of allylic oxidation sites excluding steroid dienone is 1. The number of Topliss-reactive ketones (excluding diaryl/α,β-unsaturated/α-hetero) is 1. The second-order valence-corrected chi connectivity index (χ2v) is 3.71. The predicted octanol–water partition coefficient (Wildman–Crippen LogP) is 3.86. The van der Waals surface area contributed by atoms with Gasteiger partial charge in [-0.3, -0.25) is 4.79 Å². The first-order valence-electron chi connectivity index (χ1n) is 5.51. The molecule has 0 saturated heterocycles. The van der Waals surface area contributed by atoms with Crippen LogP contribution in [0.2, 0.25) is 0 Å². The van der Waals surface area contributed by atoms with Gasteiger partial charge in [0, 0.05) is 11.5 Å². The van der Waals surface area contributed by atoms with Gasteiger partial charge < -0.3 is 0 Å². The number of benzene rings is 1. The molecule has 0 saturated carbocycles. The monoisotopic (exact) mass is 202 g/mol. The van der Waals surface area contributed by atoms with E-state index in [9.17, 15) is 4.79 Å². The van der Waals surface area contributed by atoms with E-state index in [2.05, 4.69) is 13.5 Å². The van der Waals surface area contributed by atoms with Crippen LogP contribution < -0.4 is 0 Å². The Bertz CT molecular complexity index is 313. The smallest absolute Gasteiger partial charge is 0.169 e. The Morgan fingerprint density at radius 2 is 2.07 bits per heavy atom. The van der Waals surface area contributed by atoms with Crippen molar-refractivity contribution in [1.29, 1.82) is 0 Å². The van der Waals surface area contributed by atoms with Crippen molar-refractivity contribution >= 4 is 5.78 Å². The van der Waals surface area contributed by atoms with Gasteiger partial charge in [-0.1, -0.05) is 56.2 Å². The van der Waals surface area contributed by atoms with Crippen molar-refractivity contribution in [2.24, 2.45) is 5.92 Å². The summed E-state index contributed by atoms with van der Waals surface area (Å²) in [5, 5.41) is 0. The fourth-order valence-electron chi connectivity index (χ4n) is 1.60. The summed E-state index contributed by atoms with van der Waals surface area (Å²) in [7, 11) is 0. The molecule has 1 unspecified atom stereocenters. The average molecular weight is 202 g/mol. The van der Waals surface area contributed by atoms with E-state index in [4.69, 9.17) is 0 Å². The van der Waals surface area contributed by atoms with Crippen LogP contribution in [0.15, 0.2) is 43.0 Å². The molecule has 0 aliphatic carbocycles. The average Bonchev–Trinajstić information content (AvgIpc) is 2.31. The van der Waals surface area contributed by atoms with Gasteiger partial charge >= 0.3 is 0 Å². The lowest BCUT2D eigenvalue weighted by molar-refractivity contribution is 0.0939. The van der Waals surface area contributed by atoms with E-state index in [0.717, 1.165) is 24.8 Å². The Morgan fingerprint density at radius 1 is 1.40 bits per heavy atom. The third-order valence-corrected chi connectivity index (χ3v) is 2.55. The number of carbonyl (C=O) groups excluding carboxylic acids is 1. The van der Waals surface area contributed by atoms with Crippen molar-refractivity contribution < 1.29 is 4.79 Å². The minimum absolute atomic E-state index is 0.0210. The Kier molecular flexibility index (Phi) is 4.82. The third kappa shape index (κ3) is 3.35. The predicted molar refractivity (Wildman–Crippen MR) is 64.0 cm³/mol. The number of unbranched alkanes of at least 4 members (excludes halogenated alkanes) is 1. The molecule has 0 amide bonds. The van der Waals surface area contributed by atoms with Crippen molar-refractivity contribution in [2.45, 2.75) is 26.2 Å². The standard InChI is InChI=1S/C14H18O/c1-3-5-9-12(4-2)14(15)13-10-7-6-8-11-13/h4,6-8,10-12H,2-3,5,9H2,1H3. The molecule has 0 bridgehead atoms. The maximum absolute atomic E-state index is 12.0. The first-order valence-corrected chi connectivity index (χ1v) is 5.51. The van der Waals surface area contributed by atoms with Crippen LogP contribution in [0.25, 0.3) is 0 Å². The first-order chi connectivity index (χ1) is 7.29. The molecule has 1 aromatic carbocycles. The molecule has 1 aromatic rings. The number of carbonyl (C=O) groups is 1. The zero-order valence-electron chi connectivity index (χ0n) is 9.28. The van der Waals surface area contributed by atoms with Crippen LogP contribution in [-0.4, -0.2) is 5.78 Å². The first kappa shape index (κ1) is 11.7. The van der Waals surface area contributed by atoms with E-state index in [1.807, 2.05) is 30.3 Å². The lowest BCUT2D eigenvalue weighted by Gasteiger charge is -2.10. The molecule has 1 nitrogen and oxygen atoms in total. The molecule has 0 radical (unpaired) electrons. The van der Waals surface area contributed by atoms with Crippen LogP contribution in [0.5, 0.6) is 0 Å². The normalized spacial score (nSPS) is 12.1. The molecule has 0 aliphatic rings. The third-order valence-electron chi connectivity index (χ3n) is 2.55. The van der Waals surface area contributed by atoms with Crippen LogP contribution in [0, 0.1) is 5.92 Å². The summed E-state index contributed by atoms with van der Waals surface area (Å²) < 4.78 is 0. The maximum atomic E-state index is 12.0. The van der Waals surface area contributed by atoms with E-state index in [0.29, 0.717) is 0 Å². The lowest BCUT2D eigenvalue weighted by atomic mass is 9.93. The summed E-state index contributed by atoms with van der Waals surface area (Å²) in [4.78, 5) is 12.0. The van der Waals surface area contributed by atoms with E-state index in [1.54, 1.807) is 6.08 Å². The quantitative estimate of drug-likeness (QED) is 0.505. The molecule has 1 atom stereocenters. The number of ketones is 1. The Morgan fingerprint density at radius 3 is 2.60 bits per heavy atom. The molecule has 0 aromatic heterocycles. The molecule has 0 aliphatic heterocycles. The van der Waals surface area contributed by atoms with Gasteiger partial charge in [0.25, 0.3) is 0 Å². The highest BCUT2D eigenvalue weighted by Crippen LogP contribution is 2.16. The van der Waals surface area contributed by atoms with Gasteiger partial charge in [0.1, 0.15) is 0 Å². The zero-order valence-corrected chi connectivity index (χ0v) is 9.28. The minimum atomic E-state index is -0.0210. The van der Waals surface area contributed by atoms with Crippen molar-refractivity contribution in [1.82, 2.24) is 0 Å². The van der Waals surface area contributed by atoms with Gasteiger partial charge in [-0.05, 0) is 6.42 Å². The highest BCUT2D eigenvalue weighted by molar-refractivity contribution is 5.98. The van der Waals surface area contributed by atoms with E-state index < -0.39 is 0 Å². The van der Waals surface area contributed by atoms with E-state index in [1.165, 1.54) is 0 Å². The van der Waals surface area contributed by atoms with Crippen LogP contribution in [-0.2, 0) is 0 Å². The molecule has 1 heteroatoms. The minimum Gasteiger partial charge on any atom is -0.294 e. The van der Waals surface area contributed by atoms with Crippen molar-refractivity contribution in [3.63, 3.8) is 0 Å². The van der Waals surface area contributed by atoms with Gasteiger partial charge in [0.15, 0.2) is 5.78 Å². The SMILES string of the molecule is C=CC(CCCC)C(=O)c1ccccc1.